The Morgan fingerprint density at radius 3 is 1.93 bits per heavy atom. The van der Waals surface area contributed by atoms with Gasteiger partial charge in [-0.1, -0.05) is 47.0 Å². The van der Waals surface area contributed by atoms with E-state index < -0.39 is 8.53 Å². The summed E-state index contributed by atoms with van der Waals surface area (Å²) < 4.78 is 14.9. The molecule has 0 atom stereocenters. The summed E-state index contributed by atoms with van der Waals surface area (Å²) in [6.07, 6.45) is 7.71. The molecule has 0 aliphatic carbocycles. The van der Waals surface area contributed by atoms with Crippen molar-refractivity contribution in [2.24, 2.45) is 5.41 Å². The summed E-state index contributed by atoms with van der Waals surface area (Å²) in [5, 5.41) is 0. The summed E-state index contributed by atoms with van der Waals surface area (Å²) in [4.78, 5) is 2.78. The van der Waals surface area contributed by atoms with Crippen LogP contribution in [-0.4, -0.2) is 53.0 Å². The fraction of sp³-hybridized carbons (Fsp3) is 1.00. The van der Waals surface area contributed by atoms with Crippen LogP contribution in [0.2, 0.25) is 0 Å². The van der Waals surface area contributed by atoms with Gasteiger partial charge in [0.15, 0.2) is 0 Å². The second-order valence-electron chi connectivity index (χ2n) is 10.6. The summed E-state index contributed by atoms with van der Waals surface area (Å²) >= 11 is 0. The molecule has 5 heteroatoms. The molecule has 0 aromatic rings. The average Bonchev–Trinajstić information content (AvgIpc) is 2.54. The summed E-state index contributed by atoms with van der Waals surface area (Å²) in [6, 6.07) is 0.527. The molecule has 4 nitrogen and oxygen atoms in total. The molecule has 0 N–H and O–H groups in total. The smallest absolute Gasteiger partial charge is 0.259 e. The van der Waals surface area contributed by atoms with E-state index in [2.05, 4.69) is 65.0 Å². The fourth-order valence-corrected chi connectivity index (χ4v) is 6.92. The highest BCUT2D eigenvalue weighted by Crippen LogP contribution is 2.53. The molecular weight excluding hydrogens is 355 g/mol. The van der Waals surface area contributed by atoms with E-state index in [0.29, 0.717) is 6.04 Å². The number of hydrogen-bond donors (Lipinski definition) is 0. The summed E-state index contributed by atoms with van der Waals surface area (Å²) in [6.45, 7) is 22.6. The molecular formula is C22H45N2O2P. The van der Waals surface area contributed by atoms with E-state index in [9.17, 15) is 0 Å². The first-order valence-electron chi connectivity index (χ1n) is 11.1. The van der Waals surface area contributed by atoms with Crippen molar-refractivity contribution in [2.75, 3.05) is 26.3 Å². The average molecular weight is 401 g/mol. The molecule has 0 aromatic heterocycles. The predicted molar refractivity (Wildman–Crippen MR) is 117 cm³/mol. The lowest BCUT2D eigenvalue weighted by Crippen LogP contribution is -2.64. The third kappa shape index (κ3) is 6.12. The lowest BCUT2D eigenvalue weighted by Gasteiger charge is -2.57. The van der Waals surface area contributed by atoms with E-state index in [0.717, 1.165) is 19.8 Å². The zero-order chi connectivity index (χ0) is 20.3. The van der Waals surface area contributed by atoms with Crippen molar-refractivity contribution in [1.29, 1.82) is 0 Å². The number of unbranched alkanes of at least 4 members (excludes halogenated alkanes) is 3. The third-order valence-corrected chi connectivity index (χ3v) is 7.98. The van der Waals surface area contributed by atoms with E-state index in [4.69, 9.17) is 9.05 Å². The van der Waals surface area contributed by atoms with Crippen molar-refractivity contribution in [3.05, 3.63) is 0 Å². The maximum absolute atomic E-state index is 6.21. The molecule has 27 heavy (non-hydrogen) atoms. The van der Waals surface area contributed by atoms with Crippen LogP contribution in [0.4, 0.5) is 0 Å². The molecule has 160 valence electrons. The number of hydrogen-bond acceptors (Lipinski definition) is 4. The van der Waals surface area contributed by atoms with E-state index in [-0.39, 0.29) is 16.5 Å². The topological polar surface area (TPSA) is 24.9 Å². The number of likely N-dealkylation sites (tertiary alicyclic amines) is 1. The molecule has 2 saturated heterocycles. The van der Waals surface area contributed by atoms with Gasteiger partial charge in [0, 0.05) is 29.1 Å². The molecule has 0 spiro atoms. The standard InChI is InChI=1S/C22H45N2O2P/c1-9-11-12-13-14-24-21(5,6)15-19(16-22(24,7)8)23(10-2)27-25-17-20(3,4)18-26-27/h19H,9-18H2,1-8H3. The first kappa shape index (κ1) is 23.5. The highest BCUT2D eigenvalue weighted by molar-refractivity contribution is 7.44. The molecule has 0 radical (unpaired) electrons. The maximum Gasteiger partial charge on any atom is 0.259 e. The minimum absolute atomic E-state index is 0.138. The molecule has 2 aliphatic rings. The van der Waals surface area contributed by atoms with Gasteiger partial charge in [0.2, 0.25) is 0 Å². The second-order valence-corrected chi connectivity index (χ2v) is 12.1. The number of piperidine rings is 1. The fourth-order valence-electron chi connectivity index (χ4n) is 4.97. The zero-order valence-corrected chi connectivity index (χ0v) is 20.2. The molecule has 0 amide bonds. The van der Waals surface area contributed by atoms with Crippen molar-refractivity contribution in [3.8, 4) is 0 Å². The van der Waals surface area contributed by atoms with E-state index in [1.54, 1.807) is 0 Å². The second kappa shape index (κ2) is 9.39. The monoisotopic (exact) mass is 400 g/mol. The Labute approximate surface area is 170 Å². The van der Waals surface area contributed by atoms with E-state index in [1.165, 1.54) is 45.1 Å². The van der Waals surface area contributed by atoms with E-state index in [1.807, 2.05) is 0 Å². The van der Waals surface area contributed by atoms with Crippen molar-refractivity contribution in [1.82, 2.24) is 9.57 Å². The van der Waals surface area contributed by atoms with E-state index >= 15 is 0 Å². The van der Waals surface area contributed by atoms with Crippen LogP contribution < -0.4 is 0 Å². The molecule has 2 rings (SSSR count). The van der Waals surface area contributed by atoms with Crippen molar-refractivity contribution in [3.63, 3.8) is 0 Å². The lowest BCUT2D eigenvalue weighted by molar-refractivity contribution is -0.0586. The minimum atomic E-state index is -0.915. The Balaban J connectivity index is 2.05. The Morgan fingerprint density at radius 1 is 0.889 bits per heavy atom. The minimum Gasteiger partial charge on any atom is -0.321 e. The van der Waals surface area contributed by atoms with Gasteiger partial charge in [-0.15, -0.1) is 0 Å². The summed E-state index contributed by atoms with van der Waals surface area (Å²) in [7, 11) is -0.915. The Kier molecular flexibility index (Phi) is 8.19. The van der Waals surface area contributed by atoms with Crippen molar-refractivity contribution >= 4 is 8.53 Å². The largest absolute Gasteiger partial charge is 0.321 e. The SMILES string of the molecule is CCCCCCN1C(C)(C)CC(N(CC)P2OCC(C)(C)CO2)CC1(C)C. The molecule has 0 aromatic carbocycles. The summed E-state index contributed by atoms with van der Waals surface area (Å²) in [5.41, 5.74) is 0.547. The van der Waals surface area contributed by atoms with Gasteiger partial charge >= 0.3 is 0 Å². The molecule has 0 saturated carbocycles. The van der Waals surface area contributed by atoms with Gasteiger partial charge in [-0.3, -0.25) is 4.90 Å². The molecule has 2 fully saturated rings. The van der Waals surface area contributed by atoms with Crippen molar-refractivity contribution in [2.45, 2.75) is 111 Å². The van der Waals surface area contributed by atoms with Crippen LogP contribution in [0, 0.1) is 5.41 Å². The summed E-state index contributed by atoms with van der Waals surface area (Å²) in [5.74, 6) is 0. The Hall–Kier alpha value is 0.270. The van der Waals surface area contributed by atoms with Gasteiger partial charge in [-0.05, 0) is 53.5 Å². The van der Waals surface area contributed by atoms with Crippen LogP contribution in [0.5, 0.6) is 0 Å². The molecule has 0 bridgehead atoms. The van der Waals surface area contributed by atoms with Gasteiger partial charge in [-0.2, -0.15) is 0 Å². The van der Waals surface area contributed by atoms with Gasteiger partial charge in [0.1, 0.15) is 0 Å². The normalized spacial score (nSPS) is 26.6. The Morgan fingerprint density at radius 2 is 1.44 bits per heavy atom. The number of nitrogens with zero attached hydrogens (tertiary/aromatic N) is 2. The first-order chi connectivity index (χ1) is 12.5. The molecule has 0 unspecified atom stereocenters. The van der Waals surface area contributed by atoms with Gasteiger partial charge < -0.3 is 9.05 Å². The third-order valence-electron chi connectivity index (χ3n) is 6.25. The molecule has 2 aliphatic heterocycles. The van der Waals surface area contributed by atoms with Gasteiger partial charge in [-0.25, -0.2) is 4.67 Å². The van der Waals surface area contributed by atoms with Crippen molar-refractivity contribution < 1.29 is 9.05 Å². The van der Waals surface area contributed by atoms with Crippen LogP contribution in [0.3, 0.4) is 0 Å². The van der Waals surface area contributed by atoms with Crippen LogP contribution in [0.25, 0.3) is 0 Å². The lowest BCUT2D eigenvalue weighted by atomic mass is 9.76. The predicted octanol–water partition coefficient (Wildman–Crippen LogP) is 6.21. The van der Waals surface area contributed by atoms with Crippen LogP contribution >= 0.6 is 8.53 Å². The number of rotatable bonds is 8. The van der Waals surface area contributed by atoms with Gasteiger partial charge in [0.05, 0.1) is 13.2 Å². The van der Waals surface area contributed by atoms with Crippen LogP contribution in [0.15, 0.2) is 0 Å². The quantitative estimate of drug-likeness (QED) is 0.357. The van der Waals surface area contributed by atoms with Gasteiger partial charge in [0.25, 0.3) is 8.53 Å². The highest BCUT2D eigenvalue weighted by Gasteiger charge is 2.48. The maximum atomic E-state index is 6.21. The van der Waals surface area contributed by atoms with Crippen LogP contribution in [0.1, 0.15) is 93.9 Å². The molecule has 2 heterocycles. The van der Waals surface area contributed by atoms with Crippen LogP contribution in [-0.2, 0) is 9.05 Å². The zero-order valence-electron chi connectivity index (χ0n) is 19.3. The first-order valence-corrected chi connectivity index (χ1v) is 12.3. The highest BCUT2D eigenvalue weighted by atomic mass is 31.2. The Bertz CT molecular complexity index is 439.